The van der Waals surface area contributed by atoms with Crippen LogP contribution in [0.15, 0.2) is 18.2 Å². The van der Waals surface area contributed by atoms with Crippen molar-refractivity contribution < 1.29 is 24.0 Å². The Labute approximate surface area is 145 Å². The van der Waals surface area contributed by atoms with Crippen molar-refractivity contribution in [2.75, 3.05) is 18.0 Å². The van der Waals surface area contributed by atoms with Crippen LogP contribution in [0.2, 0.25) is 0 Å². The van der Waals surface area contributed by atoms with Gasteiger partial charge >= 0.3 is 5.97 Å². The maximum absolute atomic E-state index is 14.1. The first kappa shape index (κ1) is 19.1. The summed E-state index contributed by atoms with van der Waals surface area (Å²) in [5.41, 5.74) is -1.85. The predicted molar refractivity (Wildman–Crippen MR) is 89.9 cm³/mol. The molecule has 0 atom stereocenters. The molecule has 138 valence electrons. The van der Waals surface area contributed by atoms with Gasteiger partial charge in [-0.05, 0) is 39.7 Å². The number of esters is 1. The van der Waals surface area contributed by atoms with Crippen LogP contribution in [0.25, 0.3) is 0 Å². The quantitative estimate of drug-likeness (QED) is 0.508. The second-order valence-electron chi connectivity index (χ2n) is 7.37. The minimum absolute atomic E-state index is 0.110. The van der Waals surface area contributed by atoms with Crippen molar-refractivity contribution in [3.63, 3.8) is 0 Å². The van der Waals surface area contributed by atoms with Gasteiger partial charge in [0.1, 0.15) is 5.60 Å². The van der Waals surface area contributed by atoms with Gasteiger partial charge in [0, 0.05) is 19.2 Å². The Morgan fingerprint density at radius 2 is 2.00 bits per heavy atom. The molecule has 0 aromatic heterocycles. The van der Waals surface area contributed by atoms with Crippen LogP contribution in [0.3, 0.4) is 0 Å². The van der Waals surface area contributed by atoms with Crippen molar-refractivity contribution in [2.45, 2.75) is 51.2 Å². The first-order valence-corrected chi connectivity index (χ1v) is 8.12. The molecule has 0 saturated carbocycles. The van der Waals surface area contributed by atoms with Gasteiger partial charge in [0.05, 0.1) is 28.7 Å². The number of hydrogen-bond acceptors (Lipinski definition) is 6. The number of carbonyl (C=O) groups excluding carboxylic acids is 1. The fourth-order valence-corrected chi connectivity index (χ4v) is 2.85. The normalized spacial score (nSPS) is 17.2. The third-order valence-electron chi connectivity index (χ3n) is 4.07. The lowest BCUT2D eigenvalue weighted by atomic mass is 9.88. The first-order valence-electron chi connectivity index (χ1n) is 8.12. The van der Waals surface area contributed by atoms with Crippen molar-refractivity contribution in [3.8, 4) is 0 Å². The highest BCUT2D eigenvalue weighted by atomic mass is 19.1. The van der Waals surface area contributed by atoms with Gasteiger partial charge in [-0.3, -0.25) is 14.9 Å². The molecule has 1 aromatic rings. The van der Waals surface area contributed by atoms with E-state index in [4.69, 9.17) is 4.74 Å². The molecule has 0 unspecified atom stereocenters. The van der Waals surface area contributed by atoms with E-state index in [2.05, 4.69) is 0 Å². The van der Waals surface area contributed by atoms with Gasteiger partial charge in [-0.25, -0.2) is 4.39 Å². The van der Waals surface area contributed by atoms with Crippen molar-refractivity contribution in [3.05, 3.63) is 34.1 Å². The molecule has 1 fully saturated rings. The fraction of sp³-hybridized carbons (Fsp3) is 0.588. The second kappa shape index (κ2) is 6.95. The van der Waals surface area contributed by atoms with Gasteiger partial charge in [-0.2, -0.15) is 0 Å². The van der Waals surface area contributed by atoms with Gasteiger partial charge in [0.15, 0.2) is 5.82 Å². The first-order chi connectivity index (χ1) is 11.5. The van der Waals surface area contributed by atoms with Gasteiger partial charge in [-0.1, -0.05) is 0 Å². The number of nitrogens with zero attached hydrogens (tertiary/aromatic N) is 2. The summed E-state index contributed by atoms with van der Waals surface area (Å²) in [7, 11) is 0. The maximum atomic E-state index is 14.1. The van der Waals surface area contributed by atoms with Crippen LogP contribution < -0.4 is 4.90 Å². The lowest BCUT2D eigenvalue weighted by Gasteiger charge is -2.39. The van der Waals surface area contributed by atoms with Crippen LogP contribution >= 0.6 is 0 Å². The van der Waals surface area contributed by atoms with Crippen LogP contribution in [0.5, 0.6) is 0 Å². The molecule has 1 aromatic carbocycles. The van der Waals surface area contributed by atoms with Gasteiger partial charge in [-0.15, -0.1) is 0 Å². The number of rotatable bonds is 4. The molecule has 1 N–H and O–H groups in total. The monoisotopic (exact) mass is 354 g/mol. The number of piperidine rings is 1. The highest BCUT2D eigenvalue weighted by Gasteiger charge is 2.36. The van der Waals surface area contributed by atoms with Crippen LogP contribution in [-0.2, 0) is 9.53 Å². The van der Waals surface area contributed by atoms with E-state index in [0.717, 1.165) is 6.07 Å². The third-order valence-corrected chi connectivity index (χ3v) is 4.07. The molecule has 1 aliphatic heterocycles. The van der Waals surface area contributed by atoms with E-state index in [1.165, 1.54) is 12.1 Å². The van der Waals surface area contributed by atoms with E-state index >= 15 is 0 Å². The third kappa shape index (κ3) is 5.12. The molecule has 7 nitrogen and oxygen atoms in total. The zero-order chi connectivity index (χ0) is 18.8. The average molecular weight is 354 g/mol. The Hall–Kier alpha value is -2.22. The average Bonchev–Trinajstić information content (AvgIpc) is 2.45. The second-order valence-corrected chi connectivity index (χ2v) is 7.37. The number of hydrogen-bond donors (Lipinski definition) is 1. The summed E-state index contributed by atoms with van der Waals surface area (Å²) < 4.78 is 19.3. The minimum atomic E-state index is -1.18. The molecule has 0 amide bonds. The van der Waals surface area contributed by atoms with Crippen molar-refractivity contribution in [2.24, 2.45) is 0 Å². The molecule has 1 aliphatic rings. The van der Waals surface area contributed by atoms with Crippen molar-refractivity contribution in [1.29, 1.82) is 0 Å². The smallest absolute Gasteiger partial charge is 0.309 e. The summed E-state index contributed by atoms with van der Waals surface area (Å²) in [6.07, 6.45) is 0.451. The highest BCUT2D eigenvalue weighted by Crippen LogP contribution is 2.32. The minimum Gasteiger partial charge on any atom is -0.460 e. The zero-order valence-corrected chi connectivity index (χ0v) is 14.6. The highest BCUT2D eigenvalue weighted by molar-refractivity contribution is 5.71. The van der Waals surface area contributed by atoms with Gasteiger partial charge in [0.25, 0.3) is 5.69 Å². The van der Waals surface area contributed by atoms with E-state index in [9.17, 15) is 24.4 Å². The van der Waals surface area contributed by atoms with E-state index in [1.807, 2.05) is 0 Å². The number of benzene rings is 1. The molecule has 1 heterocycles. The number of aliphatic hydroxyl groups is 1. The molecule has 8 heteroatoms. The van der Waals surface area contributed by atoms with Gasteiger partial charge in [0.2, 0.25) is 0 Å². The maximum Gasteiger partial charge on any atom is 0.309 e. The van der Waals surface area contributed by atoms with E-state index in [0.29, 0.717) is 13.1 Å². The Morgan fingerprint density at radius 1 is 1.40 bits per heavy atom. The SMILES string of the molecule is CC(C)(C)OC(=O)CC1(O)CCN(c2ccc([N+](=O)[O-])cc2F)CC1. The molecule has 25 heavy (non-hydrogen) atoms. The molecular weight excluding hydrogens is 331 g/mol. The van der Waals surface area contributed by atoms with Crippen LogP contribution in [0, 0.1) is 15.9 Å². The van der Waals surface area contributed by atoms with E-state index < -0.39 is 27.9 Å². The molecule has 2 rings (SSSR count). The topological polar surface area (TPSA) is 92.9 Å². The van der Waals surface area contributed by atoms with E-state index in [1.54, 1.807) is 25.7 Å². The van der Waals surface area contributed by atoms with Crippen molar-refractivity contribution >= 4 is 17.3 Å². The standard InChI is InChI=1S/C17H23FN2O5/c1-16(2,3)25-15(21)11-17(22)6-8-19(9-7-17)14-5-4-12(20(23)24)10-13(14)18/h4-5,10,22H,6-9,11H2,1-3H3. The molecule has 0 bridgehead atoms. The largest absolute Gasteiger partial charge is 0.460 e. The zero-order valence-electron chi connectivity index (χ0n) is 14.6. The Kier molecular flexibility index (Phi) is 5.31. The van der Waals surface area contributed by atoms with Crippen molar-refractivity contribution in [1.82, 2.24) is 0 Å². The number of nitro groups is 1. The fourth-order valence-electron chi connectivity index (χ4n) is 2.85. The Bertz CT molecular complexity index is 663. The lowest BCUT2D eigenvalue weighted by molar-refractivity contribution is -0.385. The number of non-ortho nitro benzene ring substituents is 1. The number of ether oxygens (including phenoxy) is 1. The van der Waals surface area contributed by atoms with E-state index in [-0.39, 0.29) is 30.6 Å². The summed E-state index contributed by atoms with van der Waals surface area (Å²) in [6.45, 7) is 5.96. The molecule has 0 spiro atoms. The Morgan fingerprint density at radius 3 is 2.48 bits per heavy atom. The number of halogens is 1. The Balaban J connectivity index is 1.99. The number of carbonyl (C=O) groups is 1. The summed E-state index contributed by atoms with van der Waals surface area (Å²) in [6, 6.07) is 3.50. The summed E-state index contributed by atoms with van der Waals surface area (Å²) in [4.78, 5) is 23.7. The van der Waals surface area contributed by atoms with Crippen LogP contribution in [-0.4, -0.2) is 40.3 Å². The number of anilines is 1. The van der Waals surface area contributed by atoms with Crippen LogP contribution in [0.4, 0.5) is 15.8 Å². The summed E-state index contributed by atoms with van der Waals surface area (Å²) in [5, 5.41) is 21.3. The molecule has 0 radical (unpaired) electrons. The summed E-state index contributed by atoms with van der Waals surface area (Å²) in [5.74, 6) is -1.14. The predicted octanol–water partition coefficient (Wildman–Crippen LogP) is 2.80. The van der Waals surface area contributed by atoms with Crippen LogP contribution in [0.1, 0.15) is 40.0 Å². The molecular formula is C17H23FN2O5. The summed E-state index contributed by atoms with van der Waals surface area (Å²) >= 11 is 0. The number of nitro benzene ring substituents is 1. The molecule has 0 aliphatic carbocycles. The lowest BCUT2D eigenvalue weighted by Crippen LogP contribution is -2.46. The molecule has 1 saturated heterocycles. The van der Waals surface area contributed by atoms with Gasteiger partial charge < -0.3 is 14.7 Å².